The van der Waals surface area contributed by atoms with Crippen LogP contribution in [0.2, 0.25) is 0 Å². The molecule has 0 spiro atoms. The van der Waals surface area contributed by atoms with Crippen molar-refractivity contribution in [2.75, 3.05) is 18.5 Å². The summed E-state index contributed by atoms with van der Waals surface area (Å²) in [6.07, 6.45) is 8.38. The maximum Gasteiger partial charge on any atom is 0.131 e. The first kappa shape index (κ1) is 13.3. The molecule has 1 aromatic rings. The molecule has 1 aliphatic carbocycles. The van der Waals surface area contributed by atoms with Gasteiger partial charge in [-0.2, -0.15) is 0 Å². The van der Waals surface area contributed by atoms with E-state index in [0.29, 0.717) is 6.61 Å². The van der Waals surface area contributed by atoms with Gasteiger partial charge in [-0.15, -0.1) is 0 Å². The van der Waals surface area contributed by atoms with E-state index >= 15 is 0 Å². The van der Waals surface area contributed by atoms with Gasteiger partial charge in [0.2, 0.25) is 0 Å². The third-order valence-corrected chi connectivity index (χ3v) is 3.52. The van der Waals surface area contributed by atoms with E-state index in [4.69, 9.17) is 4.74 Å². The number of rotatable bonds is 7. The highest BCUT2D eigenvalue weighted by Gasteiger charge is 2.15. The Balaban J connectivity index is 1.79. The van der Waals surface area contributed by atoms with Crippen LogP contribution in [0.15, 0.2) is 18.3 Å². The molecule has 1 N–H and O–H groups in total. The summed E-state index contributed by atoms with van der Waals surface area (Å²) < 4.78 is 5.84. The molecule has 100 valence electrons. The normalized spacial score (nSPS) is 16.1. The quantitative estimate of drug-likeness (QED) is 0.800. The van der Waals surface area contributed by atoms with Crippen LogP contribution in [0.3, 0.4) is 0 Å². The number of nitrogens with one attached hydrogen (secondary N) is 1. The smallest absolute Gasteiger partial charge is 0.131 e. The second-order valence-corrected chi connectivity index (χ2v) is 5.10. The average Bonchev–Trinajstić information content (AvgIpc) is 2.91. The van der Waals surface area contributed by atoms with Crippen LogP contribution in [0.25, 0.3) is 0 Å². The zero-order valence-electron chi connectivity index (χ0n) is 11.3. The maximum atomic E-state index is 5.84. The van der Waals surface area contributed by atoms with Gasteiger partial charge in [0.05, 0.1) is 6.61 Å². The van der Waals surface area contributed by atoms with Crippen molar-refractivity contribution in [3.8, 4) is 0 Å². The Kier molecular flexibility index (Phi) is 5.46. The Morgan fingerprint density at radius 1 is 1.39 bits per heavy atom. The van der Waals surface area contributed by atoms with Crippen LogP contribution < -0.4 is 5.32 Å². The van der Waals surface area contributed by atoms with Crippen molar-refractivity contribution in [1.82, 2.24) is 4.98 Å². The van der Waals surface area contributed by atoms with Crippen LogP contribution in [0, 0.1) is 5.92 Å². The van der Waals surface area contributed by atoms with Crippen molar-refractivity contribution in [1.29, 1.82) is 0 Å². The molecule has 1 aliphatic rings. The summed E-state index contributed by atoms with van der Waals surface area (Å²) in [5.74, 6) is 1.76. The average molecular weight is 248 g/mol. The number of ether oxygens (including phenoxy) is 1. The molecular formula is C15H24N2O. The predicted molar refractivity (Wildman–Crippen MR) is 74.6 cm³/mol. The molecule has 0 radical (unpaired) electrons. The summed E-state index contributed by atoms with van der Waals surface area (Å²) in [4.78, 5) is 4.38. The monoisotopic (exact) mass is 248 g/mol. The molecule has 1 fully saturated rings. The number of pyridine rings is 1. The molecule has 0 atom stereocenters. The Morgan fingerprint density at radius 3 is 3.00 bits per heavy atom. The molecule has 18 heavy (non-hydrogen) atoms. The van der Waals surface area contributed by atoms with Crippen LogP contribution >= 0.6 is 0 Å². The fourth-order valence-electron chi connectivity index (χ4n) is 2.47. The number of hydrogen-bond acceptors (Lipinski definition) is 3. The highest BCUT2D eigenvalue weighted by atomic mass is 16.5. The van der Waals surface area contributed by atoms with Crippen molar-refractivity contribution in [2.24, 2.45) is 5.92 Å². The van der Waals surface area contributed by atoms with E-state index in [-0.39, 0.29) is 0 Å². The maximum absolute atomic E-state index is 5.84. The summed E-state index contributed by atoms with van der Waals surface area (Å²) in [6.45, 7) is 4.71. The Hall–Kier alpha value is -1.09. The van der Waals surface area contributed by atoms with E-state index in [1.807, 2.05) is 12.3 Å². The van der Waals surface area contributed by atoms with Gasteiger partial charge in [0.25, 0.3) is 0 Å². The summed E-state index contributed by atoms with van der Waals surface area (Å²) in [5.41, 5.74) is 1.17. The molecule has 0 amide bonds. The Bertz CT molecular complexity index is 348. The van der Waals surface area contributed by atoms with Crippen molar-refractivity contribution in [3.05, 3.63) is 23.9 Å². The lowest BCUT2D eigenvalue weighted by Gasteiger charge is -2.12. The summed E-state index contributed by atoms with van der Waals surface area (Å²) >= 11 is 0. The van der Waals surface area contributed by atoms with Crippen LogP contribution in [-0.4, -0.2) is 18.1 Å². The van der Waals surface area contributed by atoms with Gasteiger partial charge in [0.15, 0.2) is 0 Å². The van der Waals surface area contributed by atoms with Gasteiger partial charge in [-0.3, -0.25) is 0 Å². The fourth-order valence-corrected chi connectivity index (χ4v) is 2.47. The third kappa shape index (κ3) is 3.98. The summed E-state index contributed by atoms with van der Waals surface area (Å²) in [7, 11) is 0. The third-order valence-electron chi connectivity index (χ3n) is 3.52. The minimum atomic E-state index is 0.677. The number of anilines is 1. The van der Waals surface area contributed by atoms with Crippen molar-refractivity contribution in [2.45, 2.75) is 45.6 Å². The van der Waals surface area contributed by atoms with E-state index in [1.54, 1.807) is 0 Å². The highest BCUT2D eigenvalue weighted by molar-refractivity contribution is 5.43. The second-order valence-electron chi connectivity index (χ2n) is 5.10. The largest absolute Gasteiger partial charge is 0.376 e. The van der Waals surface area contributed by atoms with Gasteiger partial charge in [-0.1, -0.05) is 25.8 Å². The van der Waals surface area contributed by atoms with Gasteiger partial charge >= 0.3 is 0 Å². The summed E-state index contributed by atoms with van der Waals surface area (Å²) in [5, 5.41) is 3.35. The van der Waals surface area contributed by atoms with Crippen LogP contribution in [-0.2, 0) is 11.3 Å². The molecule has 0 aliphatic heterocycles. The fraction of sp³-hybridized carbons (Fsp3) is 0.667. The topological polar surface area (TPSA) is 34.2 Å². The molecule has 0 aromatic carbocycles. The van der Waals surface area contributed by atoms with E-state index in [9.17, 15) is 0 Å². The van der Waals surface area contributed by atoms with Crippen molar-refractivity contribution < 1.29 is 4.74 Å². The molecule has 1 heterocycles. The van der Waals surface area contributed by atoms with Gasteiger partial charge < -0.3 is 10.1 Å². The molecule has 0 saturated heterocycles. The van der Waals surface area contributed by atoms with E-state index in [1.165, 1.54) is 31.2 Å². The number of aromatic nitrogens is 1. The van der Waals surface area contributed by atoms with Crippen LogP contribution in [0.4, 0.5) is 5.82 Å². The van der Waals surface area contributed by atoms with Crippen molar-refractivity contribution >= 4 is 5.82 Å². The van der Waals surface area contributed by atoms with Crippen molar-refractivity contribution in [3.63, 3.8) is 0 Å². The molecule has 0 unspecified atom stereocenters. The molecule has 2 rings (SSSR count). The van der Waals surface area contributed by atoms with Gasteiger partial charge in [-0.25, -0.2) is 4.98 Å². The number of nitrogens with zero attached hydrogens (tertiary/aromatic N) is 1. The minimum absolute atomic E-state index is 0.677. The molecule has 3 heteroatoms. The Labute approximate surface area is 110 Å². The first-order chi connectivity index (χ1) is 8.90. The lowest BCUT2D eigenvalue weighted by molar-refractivity contribution is 0.0890. The number of hydrogen-bond donors (Lipinski definition) is 1. The SMILES string of the molecule is CCCNc1ncccc1COCC1CCCC1. The first-order valence-corrected chi connectivity index (χ1v) is 7.15. The molecule has 1 aromatic heterocycles. The second kappa shape index (κ2) is 7.37. The highest BCUT2D eigenvalue weighted by Crippen LogP contribution is 2.25. The molecule has 0 bridgehead atoms. The summed E-state index contributed by atoms with van der Waals surface area (Å²) in [6, 6.07) is 4.07. The lowest BCUT2D eigenvalue weighted by atomic mass is 10.1. The lowest BCUT2D eigenvalue weighted by Crippen LogP contribution is -2.09. The van der Waals surface area contributed by atoms with Gasteiger partial charge in [0, 0.05) is 24.9 Å². The van der Waals surface area contributed by atoms with Crippen LogP contribution in [0.1, 0.15) is 44.6 Å². The zero-order chi connectivity index (χ0) is 12.6. The van der Waals surface area contributed by atoms with Gasteiger partial charge in [-0.05, 0) is 31.2 Å². The van der Waals surface area contributed by atoms with E-state index in [0.717, 1.165) is 31.3 Å². The first-order valence-electron chi connectivity index (χ1n) is 7.15. The standard InChI is InChI=1S/C15H24N2O/c1-2-9-16-15-14(8-5-10-17-15)12-18-11-13-6-3-4-7-13/h5,8,10,13H,2-4,6-7,9,11-12H2,1H3,(H,16,17). The van der Waals surface area contributed by atoms with Gasteiger partial charge in [0.1, 0.15) is 5.82 Å². The minimum Gasteiger partial charge on any atom is -0.376 e. The molecule has 1 saturated carbocycles. The van der Waals surface area contributed by atoms with Crippen LogP contribution in [0.5, 0.6) is 0 Å². The van der Waals surface area contributed by atoms with E-state index < -0.39 is 0 Å². The molecule has 3 nitrogen and oxygen atoms in total. The Morgan fingerprint density at radius 2 is 2.22 bits per heavy atom. The predicted octanol–water partition coefficient (Wildman–Crippen LogP) is 3.61. The van der Waals surface area contributed by atoms with E-state index in [2.05, 4.69) is 23.3 Å². The molecular weight excluding hydrogens is 224 g/mol. The zero-order valence-corrected chi connectivity index (χ0v) is 11.3.